The normalized spacial score (nSPS) is 12.7. The van der Waals surface area contributed by atoms with Gasteiger partial charge in [0.05, 0.1) is 9.79 Å². The number of benzene rings is 2. The van der Waals surface area contributed by atoms with Crippen LogP contribution in [0.2, 0.25) is 0 Å². The highest BCUT2D eigenvalue weighted by Crippen LogP contribution is 2.29. The van der Waals surface area contributed by atoms with Crippen molar-refractivity contribution >= 4 is 31.0 Å². The molecule has 1 aromatic heterocycles. The van der Waals surface area contributed by atoms with Crippen molar-refractivity contribution in [3.8, 4) is 0 Å². The van der Waals surface area contributed by atoms with E-state index in [0.717, 1.165) is 22.8 Å². The number of sulfonamides is 2. The van der Waals surface area contributed by atoms with Gasteiger partial charge in [-0.05, 0) is 24.3 Å². The summed E-state index contributed by atoms with van der Waals surface area (Å²) in [6.45, 7) is 2.04. The van der Waals surface area contributed by atoms with Crippen LogP contribution < -0.4 is 5.14 Å². The molecule has 0 aliphatic rings. The van der Waals surface area contributed by atoms with Crippen LogP contribution >= 0.6 is 0 Å². The summed E-state index contributed by atoms with van der Waals surface area (Å²) in [7, 11) is -6.47. The van der Waals surface area contributed by atoms with E-state index in [1.54, 1.807) is 0 Å². The number of primary sulfonamides is 1. The van der Waals surface area contributed by atoms with Crippen LogP contribution in [-0.2, 0) is 33.0 Å². The highest BCUT2D eigenvalue weighted by Gasteiger charge is 2.25. The average molecular weight is 409 g/mol. The number of hydrogen-bond donors (Lipinski definition) is 1. The molecule has 27 heavy (non-hydrogen) atoms. The predicted octanol–water partition coefficient (Wildman–Crippen LogP) is 2.46. The molecule has 3 aromatic rings. The van der Waals surface area contributed by atoms with Gasteiger partial charge in [0.25, 0.3) is 0 Å². The van der Waals surface area contributed by atoms with Crippen molar-refractivity contribution in [2.45, 2.75) is 29.7 Å². The van der Waals surface area contributed by atoms with Gasteiger partial charge in [0.15, 0.2) is 0 Å². The fourth-order valence-corrected chi connectivity index (χ4v) is 4.73. The van der Waals surface area contributed by atoms with Crippen LogP contribution in [0.3, 0.4) is 0 Å². The summed E-state index contributed by atoms with van der Waals surface area (Å²) in [5.74, 6) is 0.719. The van der Waals surface area contributed by atoms with E-state index in [0.29, 0.717) is 12.0 Å². The van der Waals surface area contributed by atoms with E-state index >= 15 is 0 Å². The highest BCUT2D eigenvalue weighted by molar-refractivity contribution is 7.90. The summed E-state index contributed by atoms with van der Waals surface area (Å²) in [6.07, 6.45) is 0.624. The van der Waals surface area contributed by atoms with E-state index in [9.17, 15) is 16.8 Å². The third kappa shape index (κ3) is 3.77. The molecule has 9 heteroatoms. The van der Waals surface area contributed by atoms with Crippen LogP contribution in [0.15, 0.2) is 62.7 Å². The van der Waals surface area contributed by atoms with Gasteiger partial charge in [0.1, 0.15) is 11.3 Å². The summed E-state index contributed by atoms with van der Waals surface area (Å²) in [6, 6.07) is 12.5. The first kappa shape index (κ1) is 19.6. The van der Waals surface area contributed by atoms with Gasteiger partial charge in [-0.2, -0.15) is 4.31 Å². The minimum atomic E-state index is -4.00. The van der Waals surface area contributed by atoms with Gasteiger partial charge in [0.2, 0.25) is 20.0 Å². The molecule has 3 rings (SSSR count). The SMILES string of the molecule is CCc1oc2ccccc2c1CN(C)S(=O)(=O)c1cccc(S(N)(=O)=O)c1. The Kier molecular flexibility index (Phi) is 5.13. The number of furan rings is 1. The lowest BCUT2D eigenvalue weighted by Gasteiger charge is -2.18. The molecule has 0 atom stereocenters. The van der Waals surface area contributed by atoms with Gasteiger partial charge in [-0.3, -0.25) is 0 Å². The van der Waals surface area contributed by atoms with Crippen molar-refractivity contribution in [2.75, 3.05) is 7.05 Å². The maximum absolute atomic E-state index is 12.9. The molecule has 2 N–H and O–H groups in total. The second-order valence-corrected chi connectivity index (χ2v) is 9.74. The quantitative estimate of drug-likeness (QED) is 0.673. The third-order valence-electron chi connectivity index (χ3n) is 4.33. The molecule has 0 aliphatic heterocycles. The molecule has 1 heterocycles. The molecule has 0 bridgehead atoms. The summed E-state index contributed by atoms with van der Waals surface area (Å²) >= 11 is 0. The molecular weight excluding hydrogens is 388 g/mol. The van der Waals surface area contributed by atoms with Crippen LogP contribution in [0.5, 0.6) is 0 Å². The third-order valence-corrected chi connectivity index (χ3v) is 7.04. The number of rotatable bonds is 6. The Labute approximate surface area is 158 Å². The van der Waals surface area contributed by atoms with Crippen LogP contribution in [0.4, 0.5) is 0 Å². The molecule has 0 saturated carbocycles. The zero-order valence-corrected chi connectivity index (χ0v) is 16.5. The second-order valence-electron chi connectivity index (χ2n) is 6.13. The summed E-state index contributed by atoms with van der Waals surface area (Å²) < 4.78 is 55.9. The fraction of sp³-hybridized carbons (Fsp3) is 0.222. The maximum atomic E-state index is 12.9. The smallest absolute Gasteiger partial charge is 0.243 e. The lowest BCUT2D eigenvalue weighted by atomic mass is 10.1. The molecule has 2 aromatic carbocycles. The molecule has 0 unspecified atom stereocenters. The molecule has 0 saturated heterocycles. The Morgan fingerprint density at radius 3 is 2.33 bits per heavy atom. The van der Waals surface area contributed by atoms with E-state index in [-0.39, 0.29) is 16.3 Å². The van der Waals surface area contributed by atoms with Crippen LogP contribution in [0.25, 0.3) is 11.0 Å². The Morgan fingerprint density at radius 2 is 1.67 bits per heavy atom. The van der Waals surface area contributed by atoms with Gasteiger partial charge in [-0.15, -0.1) is 0 Å². The van der Waals surface area contributed by atoms with E-state index in [1.165, 1.54) is 29.6 Å². The van der Waals surface area contributed by atoms with Crippen LogP contribution in [0.1, 0.15) is 18.2 Å². The number of hydrogen-bond acceptors (Lipinski definition) is 5. The van der Waals surface area contributed by atoms with Gasteiger partial charge in [-0.25, -0.2) is 22.0 Å². The minimum absolute atomic E-state index is 0.0993. The molecule has 0 radical (unpaired) electrons. The van der Waals surface area contributed by atoms with E-state index < -0.39 is 20.0 Å². The molecule has 0 fully saturated rings. The first-order chi connectivity index (χ1) is 12.6. The Bertz CT molecular complexity index is 1200. The summed E-state index contributed by atoms with van der Waals surface area (Å²) in [5.41, 5.74) is 1.49. The second kappa shape index (κ2) is 7.08. The van der Waals surface area contributed by atoms with Crippen molar-refractivity contribution < 1.29 is 21.3 Å². The van der Waals surface area contributed by atoms with Crippen molar-refractivity contribution in [1.29, 1.82) is 0 Å². The van der Waals surface area contributed by atoms with Crippen molar-refractivity contribution in [1.82, 2.24) is 4.31 Å². The molecule has 0 spiro atoms. The van der Waals surface area contributed by atoms with Gasteiger partial charge < -0.3 is 4.42 Å². The standard InChI is InChI=1S/C18H20N2O5S2/c1-3-17-16(15-9-4-5-10-18(15)25-17)12-20(2)27(23,24)14-8-6-7-13(11-14)26(19,21)22/h4-11H,3,12H2,1-2H3,(H2,19,21,22). The molecule has 144 valence electrons. The molecule has 7 nitrogen and oxygen atoms in total. The predicted molar refractivity (Wildman–Crippen MR) is 102 cm³/mol. The zero-order chi connectivity index (χ0) is 19.8. The lowest BCUT2D eigenvalue weighted by molar-refractivity contribution is 0.459. The van der Waals surface area contributed by atoms with E-state index in [1.807, 2.05) is 31.2 Å². The Hall–Kier alpha value is -2.20. The first-order valence-electron chi connectivity index (χ1n) is 8.23. The zero-order valence-electron chi connectivity index (χ0n) is 14.9. The van der Waals surface area contributed by atoms with Crippen molar-refractivity contribution in [2.24, 2.45) is 5.14 Å². The molecule has 0 amide bonds. The lowest BCUT2D eigenvalue weighted by Crippen LogP contribution is -2.27. The van der Waals surface area contributed by atoms with Crippen molar-refractivity contribution in [3.05, 3.63) is 59.9 Å². The van der Waals surface area contributed by atoms with Gasteiger partial charge in [-0.1, -0.05) is 31.2 Å². The average Bonchev–Trinajstić information content (AvgIpc) is 2.99. The number of para-hydroxylation sites is 1. The number of fused-ring (bicyclic) bond motifs is 1. The maximum Gasteiger partial charge on any atom is 0.243 e. The van der Waals surface area contributed by atoms with Gasteiger partial charge >= 0.3 is 0 Å². The molecular formula is C18H20N2O5S2. The monoisotopic (exact) mass is 408 g/mol. The number of aryl methyl sites for hydroxylation is 1. The van der Waals surface area contributed by atoms with Crippen LogP contribution in [-0.4, -0.2) is 28.2 Å². The largest absolute Gasteiger partial charge is 0.461 e. The van der Waals surface area contributed by atoms with E-state index in [4.69, 9.17) is 9.56 Å². The van der Waals surface area contributed by atoms with Crippen LogP contribution in [0, 0.1) is 0 Å². The minimum Gasteiger partial charge on any atom is -0.461 e. The first-order valence-corrected chi connectivity index (χ1v) is 11.2. The highest BCUT2D eigenvalue weighted by atomic mass is 32.2. The van der Waals surface area contributed by atoms with Crippen molar-refractivity contribution in [3.63, 3.8) is 0 Å². The Morgan fingerprint density at radius 1 is 1.00 bits per heavy atom. The number of nitrogens with zero attached hydrogens (tertiary/aromatic N) is 1. The Balaban J connectivity index is 2.00. The summed E-state index contributed by atoms with van der Waals surface area (Å²) in [4.78, 5) is -0.387. The van der Waals surface area contributed by atoms with Gasteiger partial charge in [0, 0.05) is 31.0 Å². The van der Waals surface area contributed by atoms with E-state index in [2.05, 4.69) is 0 Å². The topological polar surface area (TPSA) is 111 Å². The fourth-order valence-electron chi connectivity index (χ4n) is 2.91. The summed E-state index contributed by atoms with van der Waals surface area (Å²) in [5, 5.41) is 5.96. The molecule has 0 aliphatic carbocycles. The number of nitrogens with two attached hydrogens (primary N) is 1.